The molecule has 1 fully saturated rings. The maximum absolute atomic E-state index is 12.8. The Balaban J connectivity index is 1.27. The Hall–Kier alpha value is -3.50. The van der Waals surface area contributed by atoms with Gasteiger partial charge in [0, 0.05) is 29.7 Å². The molecule has 3 aromatic rings. The lowest BCUT2D eigenvalue weighted by atomic mass is 10.0. The molecule has 0 spiro atoms. The highest BCUT2D eigenvalue weighted by molar-refractivity contribution is 7.16. The number of amides is 2. The molecular formula is C25H22N4O2S. The van der Waals surface area contributed by atoms with Crippen molar-refractivity contribution in [1.82, 2.24) is 9.88 Å². The van der Waals surface area contributed by atoms with Gasteiger partial charge in [-0.3, -0.25) is 14.6 Å². The highest BCUT2D eigenvalue weighted by Gasteiger charge is 2.44. The van der Waals surface area contributed by atoms with Crippen LogP contribution in [0.4, 0.5) is 5.00 Å². The molecule has 0 unspecified atom stereocenters. The van der Waals surface area contributed by atoms with Crippen LogP contribution in [0, 0.1) is 17.2 Å². The minimum Gasteiger partial charge on any atom is -0.337 e. The van der Waals surface area contributed by atoms with Crippen LogP contribution in [-0.4, -0.2) is 28.2 Å². The number of nitrogens with one attached hydrogen (secondary N) is 1. The minimum atomic E-state index is -0.0550. The van der Waals surface area contributed by atoms with E-state index >= 15 is 0 Å². The van der Waals surface area contributed by atoms with Crippen molar-refractivity contribution < 1.29 is 9.59 Å². The number of hydrogen-bond acceptors (Lipinski definition) is 5. The van der Waals surface area contributed by atoms with Gasteiger partial charge in [-0.2, -0.15) is 5.26 Å². The number of rotatable bonds is 5. The van der Waals surface area contributed by atoms with E-state index in [1.807, 2.05) is 35.2 Å². The molecule has 1 aliphatic carbocycles. The largest absolute Gasteiger partial charge is 0.337 e. The second kappa shape index (κ2) is 8.56. The zero-order valence-electron chi connectivity index (χ0n) is 17.5. The summed E-state index contributed by atoms with van der Waals surface area (Å²) < 4.78 is 0. The number of hydrogen-bond donors (Lipinski definition) is 1. The molecule has 1 saturated carbocycles. The first-order chi connectivity index (χ1) is 15.6. The first-order valence-corrected chi connectivity index (χ1v) is 11.5. The van der Waals surface area contributed by atoms with Crippen molar-refractivity contribution in [3.05, 3.63) is 82.0 Å². The predicted octanol–water partition coefficient (Wildman–Crippen LogP) is 3.88. The number of carbonyl (C=O) groups is 2. The Morgan fingerprint density at radius 3 is 2.81 bits per heavy atom. The molecule has 7 heteroatoms. The van der Waals surface area contributed by atoms with Crippen molar-refractivity contribution in [3.8, 4) is 6.07 Å². The molecule has 1 aromatic carbocycles. The van der Waals surface area contributed by atoms with E-state index < -0.39 is 0 Å². The van der Waals surface area contributed by atoms with E-state index in [0.29, 0.717) is 36.5 Å². The molecule has 6 nitrogen and oxygen atoms in total. The van der Waals surface area contributed by atoms with Crippen LogP contribution < -0.4 is 5.32 Å². The topological polar surface area (TPSA) is 86.1 Å². The smallest absolute Gasteiger partial charge is 0.228 e. The van der Waals surface area contributed by atoms with Crippen LogP contribution in [0.2, 0.25) is 0 Å². The fraction of sp³-hybridized carbons (Fsp3) is 0.280. The number of anilines is 1. The van der Waals surface area contributed by atoms with Crippen molar-refractivity contribution in [3.63, 3.8) is 0 Å². The third-order valence-electron chi connectivity index (χ3n) is 6.19. The zero-order valence-corrected chi connectivity index (χ0v) is 18.3. The SMILES string of the molecule is N#Cc1c(NC(=O)[C@H]2C[C@H]2c2ccccc2)sc2c1CCN(C(=O)Cc1cccnc1)C2. The summed E-state index contributed by atoms with van der Waals surface area (Å²) in [6, 6.07) is 16.1. The Labute approximate surface area is 190 Å². The van der Waals surface area contributed by atoms with Crippen LogP contribution in [0.1, 0.15) is 39.5 Å². The van der Waals surface area contributed by atoms with Gasteiger partial charge in [0.25, 0.3) is 0 Å². The molecule has 32 heavy (non-hydrogen) atoms. The summed E-state index contributed by atoms with van der Waals surface area (Å²) in [6.07, 6.45) is 5.17. The van der Waals surface area contributed by atoms with Crippen LogP contribution in [0.25, 0.3) is 0 Å². The van der Waals surface area contributed by atoms with Gasteiger partial charge in [0.2, 0.25) is 11.8 Å². The predicted molar refractivity (Wildman–Crippen MR) is 122 cm³/mol. The molecule has 0 radical (unpaired) electrons. The molecule has 2 aromatic heterocycles. The highest BCUT2D eigenvalue weighted by atomic mass is 32.1. The number of fused-ring (bicyclic) bond motifs is 1. The lowest BCUT2D eigenvalue weighted by molar-refractivity contribution is -0.131. The Morgan fingerprint density at radius 2 is 2.06 bits per heavy atom. The van der Waals surface area contributed by atoms with Crippen molar-refractivity contribution in [2.45, 2.75) is 31.7 Å². The van der Waals surface area contributed by atoms with E-state index in [0.717, 1.165) is 22.4 Å². The Kier molecular flexibility index (Phi) is 5.46. The number of carbonyl (C=O) groups excluding carboxylic acids is 2. The molecule has 2 atom stereocenters. The number of pyridine rings is 1. The summed E-state index contributed by atoms with van der Waals surface area (Å²) in [5.74, 6) is 0.209. The number of benzene rings is 1. The quantitative estimate of drug-likeness (QED) is 0.650. The van der Waals surface area contributed by atoms with Crippen molar-refractivity contribution >= 4 is 28.2 Å². The van der Waals surface area contributed by atoms with E-state index in [4.69, 9.17) is 0 Å². The molecule has 2 amide bonds. The third kappa shape index (κ3) is 4.02. The molecule has 3 heterocycles. The average molecular weight is 443 g/mol. The van der Waals surface area contributed by atoms with E-state index in [2.05, 4.69) is 28.5 Å². The summed E-state index contributed by atoms with van der Waals surface area (Å²) in [7, 11) is 0. The van der Waals surface area contributed by atoms with Crippen LogP contribution in [-0.2, 0) is 29.0 Å². The number of thiophene rings is 1. The fourth-order valence-corrected chi connectivity index (χ4v) is 5.59. The van der Waals surface area contributed by atoms with Gasteiger partial charge in [-0.1, -0.05) is 36.4 Å². The summed E-state index contributed by atoms with van der Waals surface area (Å²) in [5.41, 5.74) is 3.59. The Bertz CT molecular complexity index is 1200. The summed E-state index contributed by atoms with van der Waals surface area (Å²) in [4.78, 5) is 32.5. The highest BCUT2D eigenvalue weighted by Crippen LogP contribution is 2.48. The number of nitriles is 1. The summed E-state index contributed by atoms with van der Waals surface area (Å²) in [6.45, 7) is 1.04. The molecule has 1 aliphatic heterocycles. The molecule has 160 valence electrons. The minimum absolute atomic E-state index is 0.0292. The van der Waals surface area contributed by atoms with Crippen LogP contribution in [0.3, 0.4) is 0 Å². The van der Waals surface area contributed by atoms with Crippen molar-refractivity contribution in [2.24, 2.45) is 5.92 Å². The monoisotopic (exact) mass is 442 g/mol. The standard InChI is InChI=1S/C25H22N4O2S/c26-13-21-18-8-10-29(23(30)11-16-5-4-9-27-14-16)15-22(18)32-25(21)28-24(31)20-12-19(20)17-6-2-1-3-7-17/h1-7,9,14,19-20H,8,10-12,15H2,(H,28,31)/t19-,20-/m0/s1. The fourth-order valence-electron chi connectivity index (χ4n) is 4.37. The number of nitrogens with zero attached hydrogens (tertiary/aromatic N) is 3. The zero-order chi connectivity index (χ0) is 22.1. The van der Waals surface area contributed by atoms with Gasteiger partial charge in [-0.25, -0.2) is 0 Å². The normalized spacial score (nSPS) is 19.0. The second-order valence-corrected chi connectivity index (χ2v) is 9.38. The van der Waals surface area contributed by atoms with E-state index in [-0.39, 0.29) is 23.7 Å². The van der Waals surface area contributed by atoms with Crippen LogP contribution >= 0.6 is 11.3 Å². The van der Waals surface area contributed by atoms with Crippen molar-refractivity contribution in [2.75, 3.05) is 11.9 Å². The van der Waals surface area contributed by atoms with Gasteiger partial charge in [-0.15, -0.1) is 11.3 Å². The van der Waals surface area contributed by atoms with Gasteiger partial charge in [0.1, 0.15) is 11.1 Å². The van der Waals surface area contributed by atoms with Gasteiger partial charge in [0.05, 0.1) is 18.5 Å². The Morgan fingerprint density at radius 1 is 1.22 bits per heavy atom. The first kappa shape index (κ1) is 20.4. The van der Waals surface area contributed by atoms with Gasteiger partial charge in [-0.05, 0) is 41.5 Å². The molecule has 0 saturated heterocycles. The molecule has 0 bridgehead atoms. The van der Waals surface area contributed by atoms with Crippen molar-refractivity contribution in [1.29, 1.82) is 5.26 Å². The maximum Gasteiger partial charge on any atom is 0.228 e. The molecular weight excluding hydrogens is 420 g/mol. The third-order valence-corrected chi connectivity index (χ3v) is 7.32. The average Bonchev–Trinajstić information content (AvgIpc) is 3.56. The van der Waals surface area contributed by atoms with Gasteiger partial charge < -0.3 is 10.2 Å². The second-order valence-electron chi connectivity index (χ2n) is 8.27. The lowest BCUT2D eigenvalue weighted by Crippen LogP contribution is -2.36. The number of aromatic nitrogens is 1. The van der Waals surface area contributed by atoms with Crippen LogP contribution in [0.5, 0.6) is 0 Å². The van der Waals surface area contributed by atoms with E-state index in [9.17, 15) is 14.9 Å². The van der Waals surface area contributed by atoms with Gasteiger partial charge in [0.15, 0.2) is 0 Å². The summed E-state index contributed by atoms with van der Waals surface area (Å²) >= 11 is 1.42. The van der Waals surface area contributed by atoms with Crippen LogP contribution in [0.15, 0.2) is 54.9 Å². The first-order valence-electron chi connectivity index (χ1n) is 10.7. The van der Waals surface area contributed by atoms with E-state index in [1.165, 1.54) is 16.9 Å². The summed E-state index contributed by atoms with van der Waals surface area (Å²) in [5, 5.41) is 13.4. The molecule has 2 aliphatic rings. The maximum atomic E-state index is 12.8. The van der Waals surface area contributed by atoms with Gasteiger partial charge >= 0.3 is 0 Å². The van der Waals surface area contributed by atoms with E-state index in [1.54, 1.807) is 12.4 Å². The lowest BCUT2D eigenvalue weighted by Gasteiger charge is -2.27. The molecule has 5 rings (SSSR count). The molecule has 1 N–H and O–H groups in total.